The fraction of sp³-hybridized carbons (Fsp3) is 0.111. The van der Waals surface area contributed by atoms with Crippen LogP contribution in [0.15, 0.2) is 73.8 Å². The van der Waals surface area contributed by atoms with E-state index in [0.717, 1.165) is 31.1 Å². The van der Waals surface area contributed by atoms with E-state index in [1.807, 2.05) is 37.3 Å². The van der Waals surface area contributed by atoms with E-state index in [4.69, 9.17) is 4.28 Å². The van der Waals surface area contributed by atoms with Gasteiger partial charge >= 0.3 is 10.0 Å². The summed E-state index contributed by atoms with van der Waals surface area (Å²) in [6.45, 7) is 1.88. The Bertz CT molecular complexity index is 1110. The van der Waals surface area contributed by atoms with Crippen molar-refractivity contribution in [3.8, 4) is 6.07 Å². The molecule has 1 unspecified atom stereocenters. The first-order valence-corrected chi connectivity index (χ1v) is 12.6. The minimum absolute atomic E-state index is 0.101. The topological polar surface area (TPSA) is 70.2 Å². The molecule has 2 aromatic carbocycles. The molecule has 0 fully saturated rings. The smallest absolute Gasteiger partial charge is 0.192 e. The molecule has 5 nitrogen and oxygen atoms in total. The normalized spacial score (nSPS) is 18.4. The van der Waals surface area contributed by atoms with E-state index in [0.29, 0.717) is 10.6 Å². The van der Waals surface area contributed by atoms with E-state index < -0.39 is 14.2 Å². The van der Waals surface area contributed by atoms with Crippen LogP contribution in [0.2, 0.25) is 0 Å². The third-order valence-corrected chi connectivity index (χ3v) is 8.39. The van der Waals surface area contributed by atoms with Gasteiger partial charge in [-0.25, -0.2) is 0 Å². The number of alkyl halides is 1. The molecule has 0 saturated carbocycles. The largest absolute Gasteiger partial charge is 0.440 e. The quantitative estimate of drug-likeness (QED) is 0.211. The molecule has 3 rings (SSSR count). The Morgan fingerprint density at radius 3 is 2.57 bits per heavy atom. The molecule has 0 radical (unpaired) electrons. The molecule has 1 aliphatic heterocycles. The second-order valence-corrected chi connectivity index (χ2v) is 11.8. The number of rotatable bonds is 5. The summed E-state index contributed by atoms with van der Waals surface area (Å²) < 4.78 is 33.5. The number of aryl methyl sites for hydroxylation is 1. The Kier molecular flexibility index (Phi) is 6.94. The second kappa shape index (κ2) is 9.05. The highest BCUT2D eigenvalue weighted by molar-refractivity contribution is 9.11. The molecule has 1 aliphatic rings. The van der Waals surface area contributed by atoms with Crippen molar-refractivity contribution in [1.29, 1.82) is 5.26 Å². The lowest BCUT2D eigenvalue weighted by molar-refractivity contribution is -0.617. The molecule has 0 aromatic heterocycles. The molecular formula is C18H13Br2N2O3S3+. The van der Waals surface area contributed by atoms with E-state index in [1.54, 1.807) is 12.1 Å². The van der Waals surface area contributed by atoms with Crippen LogP contribution in [0, 0.1) is 18.3 Å². The van der Waals surface area contributed by atoms with Gasteiger partial charge in [0.05, 0.1) is 9.80 Å². The number of hydrogen-bond acceptors (Lipinski definition) is 6. The SMILES string of the molecule is Cc1ccc(S(=O)(=O)[N+](OSc2cccc(Br)c2)=C2C=C(C#N)SC2Br)cc1. The van der Waals surface area contributed by atoms with Crippen molar-refractivity contribution < 1.29 is 16.8 Å². The van der Waals surface area contributed by atoms with Crippen LogP contribution < -0.4 is 0 Å². The molecule has 144 valence electrons. The number of halogens is 2. The third kappa shape index (κ3) is 4.83. The highest BCUT2D eigenvalue weighted by atomic mass is 79.9. The van der Waals surface area contributed by atoms with Crippen molar-refractivity contribution in [2.45, 2.75) is 20.9 Å². The van der Waals surface area contributed by atoms with Crippen molar-refractivity contribution in [3.05, 3.63) is 69.5 Å². The monoisotopic (exact) mass is 559 g/mol. The average molecular weight is 561 g/mol. The molecular weight excluding hydrogens is 548 g/mol. The van der Waals surface area contributed by atoms with Gasteiger partial charge in [-0.2, -0.15) is 18.0 Å². The fourth-order valence-corrected chi connectivity index (χ4v) is 6.72. The van der Waals surface area contributed by atoms with Crippen LogP contribution >= 0.6 is 55.7 Å². The lowest BCUT2D eigenvalue weighted by atomic mass is 10.2. The van der Waals surface area contributed by atoms with Crippen molar-refractivity contribution in [2.75, 3.05) is 0 Å². The number of allylic oxidation sites excluding steroid dienone is 2. The Labute approximate surface area is 188 Å². The van der Waals surface area contributed by atoms with Crippen LogP contribution in [0.5, 0.6) is 0 Å². The zero-order chi connectivity index (χ0) is 20.3. The van der Waals surface area contributed by atoms with Gasteiger partial charge < -0.3 is 0 Å². The number of hydrogen-bond donors (Lipinski definition) is 0. The molecule has 0 amide bonds. The number of nitrogens with zero attached hydrogens (tertiary/aromatic N) is 2. The first-order valence-electron chi connectivity index (χ1n) is 7.83. The molecule has 2 aromatic rings. The molecule has 0 spiro atoms. The van der Waals surface area contributed by atoms with E-state index >= 15 is 0 Å². The predicted molar refractivity (Wildman–Crippen MR) is 119 cm³/mol. The zero-order valence-corrected chi connectivity index (χ0v) is 20.0. The first kappa shape index (κ1) is 21.5. The molecule has 0 N–H and O–H groups in total. The summed E-state index contributed by atoms with van der Waals surface area (Å²) in [5, 5.41) is 9.18. The summed E-state index contributed by atoms with van der Waals surface area (Å²) in [6.07, 6.45) is 1.51. The highest BCUT2D eigenvalue weighted by Crippen LogP contribution is 2.35. The summed E-state index contributed by atoms with van der Waals surface area (Å²) in [6, 6.07) is 15.9. The maximum atomic E-state index is 13.3. The Morgan fingerprint density at radius 2 is 1.96 bits per heavy atom. The number of benzene rings is 2. The molecule has 28 heavy (non-hydrogen) atoms. The zero-order valence-electron chi connectivity index (χ0n) is 14.4. The minimum Gasteiger partial charge on any atom is -0.192 e. The van der Waals surface area contributed by atoms with Crippen molar-refractivity contribution >= 4 is 71.4 Å². The van der Waals surface area contributed by atoms with Gasteiger partial charge in [0.1, 0.15) is 15.1 Å². The number of thioether (sulfide) groups is 1. The predicted octanol–water partition coefficient (Wildman–Crippen LogP) is 5.41. The Morgan fingerprint density at radius 1 is 1.25 bits per heavy atom. The highest BCUT2D eigenvalue weighted by Gasteiger charge is 2.41. The molecule has 0 bridgehead atoms. The molecule has 10 heteroatoms. The van der Waals surface area contributed by atoms with Crippen molar-refractivity contribution in [1.82, 2.24) is 0 Å². The van der Waals surface area contributed by atoms with E-state index in [-0.39, 0.29) is 4.90 Å². The van der Waals surface area contributed by atoms with Gasteiger partial charge in [0, 0.05) is 10.5 Å². The van der Waals surface area contributed by atoms with Crippen molar-refractivity contribution in [3.63, 3.8) is 0 Å². The molecule has 0 saturated heterocycles. The summed E-state index contributed by atoms with van der Waals surface area (Å²) in [5.74, 6) is 0. The standard InChI is InChI=1S/C18H13Br2N2O3S3/c1-12-5-7-16(8-6-12)28(23,24)22(17-10-15(11-21)26-18(17)20)25-27-14-4-2-3-13(19)9-14/h2-10,18H,1H3/q+1. The number of sulfonamides is 1. The molecule has 1 heterocycles. The Hall–Kier alpha value is -1.25. The van der Waals surface area contributed by atoms with Gasteiger partial charge in [0.15, 0.2) is 16.2 Å². The van der Waals surface area contributed by atoms with Crippen molar-refractivity contribution in [2.24, 2.45) is 0 Å². The summed E-state index contributed by atoms with van der Waals surface area (Å²) >= 11 is 8.94. The third-order valence-electron chi connectivity index (χ3n) is 3.60. The van der Waals surface area contributed by atoms with Crippen LogP contribution in [0.4, 0.5) is 0 Å². The summed E-state index contributed by atoms with van der Waals surface area (Å²) in [7, 11) is -4.00. The molecule has 1 atom stereocenters. The van der Waals surface area contributed by atoms with Gasteiger partial charge in [0.25, 0.3) is 5.71 Å². The summed E-state index contributed by atoms with van der Waals surface area (Å²) in [5.41, 5.74) is 1.27. The van der Waals surface area contributed by atoms with E-state index in [9.17, 15) is 13.7 Å². The molecule has 0 aliphatic carbocycles. The number of nitriles is 1. The summed E-state index contributed by atoms with van der Waals surface area (Å²) in [4.78, 5) is 1.22. The lowest BCUT2D eigenvalue weighted by Crippen LogP contribution is -2.28. The lowest BCUT2D eigenvalue weighted by Gasteiger charge is -2.06. The maximum Gasteiger partial charge on any atom is 0.440 e. The van der Waals surface area contributed by atoms with Crippen LogP contribution in [0.1, 0.15) is 5.56 Å². The van der Waals surface area contributed by atoms with Gasteiger partial charge in [-0.1, -0.05) is 67.4 Å². The van der Waals surface area contributed by atoms with Gasteiger partial charge in [-0.3, -0.25) is 0 Å². The average Bonchev–Trinajstić information content (AvgIpc) is 3.03. The van der Waals surface area contributed by atoms with Crippen LogP contribution in [-0.4, -0.2) is 22.4 Å². The van der Waals surface area contributed by atoms with E-state index in [1.165, 1.54) is 30.0 Å². The maximum absolute atomic E-state index is 13.3. The Balaban J connectivity index is 2.06. The van der Waals surface area contributed by atoms with Crippen LogP contribution in [-0.2, 0) is 14.3 Å². The van der Waals surface area contributed by atoms with Gasteiger partial charge in [-0.05, 0) is 37.3 Å². The van der Waals surface area contributed by atoms with Crippen LogP contribution in [0.25, 0.3) is 0 Å². The van der Waals surface area contributed by atoms with Crippen LogP contribution in [0.3, 0.4) is 0 Å². The minimum atomic E-state index is -4.00. The fourth-order valence-electron chi connectivity index (χ4n) is 2.22. The van der Waals surface area contributed by atoms with E-state index in [2.05, 4.69) is 31.9 Å². The second-order valence-electron chi connectivity index (χ2n) is 5.64. The van der Waals surface area contributed by atoms with Gasteiger partial charge in [0.2, 0.25) is 0 Å². The first-order chi connectivity index (χ1) is 13.3. The van der Waals surface area contributed by atoms with Gasteiger partial charge in [-0.15, -0.1) is 0 Å².